The Hall–Kier alpha value is -3.08. The van der Waals surface area contributed by atoms with Gasteiger partial charge < -0.3 is 0 Å². The van der Waals surface area contributed by atoms with Crippen LogP contribution in [0.4, 0.5) is 4.39 Å². The maximum Gasteiger partial charge on any atom is 0.258 e. The van der Waals surface area contributed by atoms with E-state index in [-0.39, 0.29) is 17.6 Å². The number of fused-ring (bicyclic) bond motifs is 2. The minimum atomic E-state index is -0.300. The highest BCUT2D eigenvalue weighted by molar-refractivity contribution is 6.21. The largest absolute Gasteiger partial charge is 0.288 e. The van der Waals surface area contributed by atoms with E-state index in [0.717, 1.165) is 35.9 Å². The van der Waals surface area contributed by atoms with Crippen LogP contribution < -0.4 is 5.32 Å². The molecule has 3 aromatic rings. The van der Waals surface area contributed by atoms with Gasteiger partial charge in [-0.2, -0.15) is 0 Å². The molecule has 138 valence electrons. The van der Waals surface area contributed by atoms with Gasteiger partial charge in [0.25, 0.3) is 11.8 Å². The van der Waals surface area contributed by atoms with Crippen molar-refractivity contribution in [3.05, 3.63) is 76.7 Å². The van der Waals surface area contributed by atoms with Gasteiger partial charge in [-0.05, 0) is 48.7 Å². The molecule has 0 bridgehead atoms. The van der Waals surface area contributed by atoms with E-state index in [0.29, 0.717) is 11.1 Å². The van der Waals surface area contributed by atoms with Crippen LogP contribution in [0.2, 0.25) is 0 Å². The van der Waals surface area contributed by atoms with E-state index in [4.69, 9.17) is 0 Å². The third-order valence-corrected chi connectivity index (χ3v) is 4.46. The quantitative estimate of drug-likeness (QED) is 0.698. The highest BCUT2D eigenvalue weighted by atomic mass is 19.1. The standard InChI is InChI=1S/C14H16FN.C8H5NO2/c1-3-5-13-10(4-2)8-11-6-7-12(15)9-14(11)16-13;10-7-5-3-1-2-4-6(5)8(11)9-7/h6-9H,3-5H2,1-2H3;1-4H,(H,9,10,11). The number of imide groups is 1. The number of nitrogens with one attached hydrogen (secondary N) is 1. The van der Waals surface area contributed by atoms with Gasteiger partial charge in [-0.3, -0.25) is 19.9 Å². The van der Waals surface area contributed by atoms with Crippen LogP contribution in [0.15, 0.2) is 48.5 Å². The predicted molar refractivity (Wildman–Crippen MR) is 103 cm³/mol. The van der Waals surface area contributed by atoms with Gasteiger partial charge in [0.1, 0.15) is 5.82 Å². The minimum Gasteiger partial charge on any atom is -0.288 e. The van der Waals surface area contributed by atoms with Crippen molar-refractivity contribution in [1.82, 2.24) is 10.3 Å². The summed E-state index contributed by atoms with van der Waals surface area (Å²) in [6.07, 6.45) is 3.02. The van der Waals surface area contributed by atoms with Crippen LogP contribution in [0.1, 0.15) is 52.2 Å². The Balaban J connectivity index is 0.000000166. The van der Waals surface area contributed by atoms with Crippen molar-refractivity contribution < 1.29 is 14.0 Å². The Labute approximate surface area is 157 Å². The molecule has 0 saturated carbocycles. The Morgan fingerprint density at radius 2 is 1.63 bits per heavy atom. The number of hydrogen-bond donors (Lipinski definition) is 1. The van der Waals surface area contributed by atoms with Crippen molar-refractivity contribution >= 4 is 22.7 Å². The lowest BCUT2D eigenvalue weighted by Crippen LogP contribution is -2.19. The molecule has 27 heavy (non-hydrogen) atoms. The van der Waals surface area contributed by atoms with Crippen LogP contribution in [-0.2, 0) is 12.8 Å². The Kier molecular flexibility index (Phi) is 5.60. The molecule has 1 aliphatic rings. The van der Waals surface area contributed by atoms with E-state index >= 15 is 0 Å². The van der Waals surface area contributed by atoms with Crippen LogP contribution >= 0.6 is 0 Å². The molecule has 0 saturated heterocycles. The van der Waals surface area contributed by atoms with Gasteiger partial charge in [-0.15, -0.1) is 0 Å². The number of hydrogen-bond acceptors (Lipinski definition) is 3. The number of rotatable bonds is 3. The number of aromatic nitrogens is 1. The second-order valence-corrected chi connectivity index (χ2v) is 6.36. The molecule has 0 aliphatic carbocycles. The summed E-state index contributed by atoms with van der Waals surface area (Å²) in [5, 5.41) is 3.23. The number of carbonyl (C=O) groups excluding carboxylic acids is 2. The predicted octanol–water partition coefficient (Wildman–Crippen LogP) is 4.46. The third kappa shape index (κ3) is 4.03. The van der Waals surface area contributed by atoms with Crippen LogP contribution in [0, 0.1) is 5.82 Å². The number of carbonyl (C=O) groups is 2. The zero-order chi connectivity index (χ0) is 19.4. The second-order valence-electron chi connectivity index (χ2n) is 6.36. The summed E-state index contributed by atoms with van der Waals surface area (Å²) in [6, 6.07) is 13.7. The molecule has 4 rings (SSSR count). The van der Waals surface area contributed by atoms with E-state index in [9.17, 15) is 14.0 Å². The van der Waals surface area contributed by atoms with Gasteiger partial charge in [-0.25, -0.2) is 4.39 Å². The first-order valence-corrected chi connectivity index (χ1v) is 9.06. The lowest BCUT2D eigenvalue weighted by atomic mass is 10.0. The van der Waals surface area contributed by atoms with Crippen molar-refractivity contribution in [2.45, 2.75) is 33.1 Å². The summed E-state index contributed by atoms with van der Waals surface area (Å²) in [6.45, 7) is 4.27. The summed E-state index contributed by atoms with van der Waals surface area (Å²) in [5.41, 5.74) is 4.10. The number of aryl methyl sites for hydroxylation is 2. The Bertz CT molecular complexity index is 981. The van der Waals surface area contributed by atoms with E-state index < -0.39 is 0 Å². The fraction of sp³-hybridized carbons (Fsp3) is 0.227. The average Bonchev–Trinajstić information content (AvgIpc) is 2.96. The monoisotopic (exact) mass is 364 g/mol. The lowest BCUT2D eigenvalue weighted by Gasteiger charge is -2.08. The van der Waals surface area contributed by atoms with Crippen molar-refractivity contribution in [3.63, 3.8) is 0 Å². The van der Waals surface area contributed by atoms with Crippen molar-refractivity contribution in [1.29, 1.82) is 0 Å². The Morgan fingerprint density at radius 3 is 2.22 bits per heavy atom. The maximum absolute atomic E-state index is 13.1. The third-order valence-electron chi connectivity index (χ3n) is 4.46. The van der Waals surface area contributed by atoms with Crippen LogP contribution in [0.3, 0.4) is 0 Å². The van der Waals surface area contributed by atoms with Crippen molar-refractivity contribution in [3.8, 4) is 0 Å². The molecule has 1 N–H and O–H groups in total. The number of benzene rings is 2. The molecule has 1 aromatic heterocycles. The summed E-state index contributed by atoms with van der Waals surface area (Å²) < 4.78 is 13.1. The van der Waals surface area contributed by atoms with E-state index in [1.54, 1.807) is 30.3 Å². The van der Waals surface area contributed by atoms with Crippen LogP contribution in [0.5, 0.6) is 0 Å². The van der Waals surface area contributed by atoms with Gasteiger partial charge in [0.2, 0.25) is 0 Å². The molecule has 0 fully saturated rings. The molecule has 2 aromatic carbocycles. The SMILES string of the molecule is CCCc1nc2cc(F)ccc2cc1CC.O=C1NC(=O)c2ccccc21. The van der Waals surface area contributed by atoms with E-state index in [1.165, 1.54) is 17.7 Å². The molecular weight excluding hydrogens is 343 g/mol. The zero-order valence-corrected chi connectivity index (χ0v) is 15.4. The fourth-order valence-electron chi connectivity index (χ4n) is 3.10. The zero-order valence-electron chi connectivity index (χ0n) is 15.4. The molecule has 2 heterocycles. The molecule has 2 amide bonds. The minimum absolute atomic E-state index is 0.216. The first-order chi connectivity index (χ1) is 13.0. The summed E-state index contributed by atoms with van der Waals surface area (Å²) in [5.74, 6) is -0.817. The second kappa shape index (κ2) is 8.08. The molecule has 4 nitrogen and oxygen atoms in total. The molecule has 1 aliphatic heterocycles. The number of pyridine rings is 1. The van der Waals surface area contributed by atoms with E-state index in [2.05, 4.69) is 30.2 Å². The molecule has 0 spiro atoms. The van der Waals surface area contributed by atoms with E-state index in [1.807, 2.05) is 0 Å². The normalized spacial score (nSPS) is 12.4. The van der Waals surface area contributed by atoms with Gasteiger partial charge in [-0.1, -0.05) is 32.4 Å². The molecule has 0 atom stereocenters. The smallest absolute Gasteiger partial charge is 0.258 e. The first kappa shape index (κ1) is 18.7. The van der Waals surface area contributed by atoms with Gasteiger partial charge >= 0.3 is 0 Å². The molecule has 5 heteroatoms. The highest BCUT2D eigenvalue weighted by Gasteiger charge is 2.25. The van der Waals surface area contributed by atoms with Gasteiger partial charge in [0.05, 0.1) is 16.6 Å². The number of amides is 2. The molecular formula is C22H21FN2O2. The van der Waals surface area contributed by atoms with Crippen LogP contribution in [-0.4, -0.2) is 16.8 Å². The van der Waals surface area contributed by atoms with Crippen LogP contribution in [0.25, 0.3) is 10.9 Å². The molecule has 0 radical (unpaired) electrons. The average molecular weight is 364 g/mol. The Morgan fingerprint density at radius 1 is 0.963 bits per heavy atom. The lowest BCUT2D eigenvalue weighted by molar-refractivity contribution is 0.0879. The number of halogens is 1. The first-order valence-electron chi connectivity index (χ1n) is 9.06. The summed E-state index contributed by atoms with van der Waals surface area (Å²) in [4.78, 5) is 26.4. The molecule has 0 unspecified atom stereocenters. The maximum atomic E-state index is 13.1. The van der Waals surface area contributed by atoms with Crippen molar-refractivity contribution in [2.24, 2.45) is 0 Å². The summed E-state index contributed by atoms with van der Waals surface area (Å²) in [7, 11) is 0. The van der Waals surface area contributed by atoms with Gasteiger partial charge in [0, 0.05) is 17.1 Å². The number of nitrogens with zero attached hydrogens (tertiary/aromatic N) is 1. The van der Waals surface area contributed by atoms with Gasteiger partial charge in [0.15, 0.2) is 0 Å². The van der Waals surface area contributed by atoms with Crippen molar-refractivity contribution in [2.75, 3.05) is 0 Å². The highest BCUT2D eigenvalue weighted by Crippen LogP contribution is 2.19. The topological polar surface area (TPSA) is 59.1 Å². The fourth-order valence-corrected chi connectivity index (χ4v) is 3.10. The summed E-state index contributed by atoms with van der Waals surface area (Å²) >= 11 is 0.